The molecule has 0 saturated carbocycles. The van der Waals surface area contributed by atoms with Crippen LogP contribution >= 0.6 is 23.2 Å². The van der Waals surface area contributed by atoms with Crippen molar-refractivity contribution in [1.82, 2.24) is 4.90 Å². The Labute approximate surface area is 138 Å². The molecule has 3 rings (SSSR count). The zero-order valence-corrected chi connectivity index (χ0v) is 13.5. The first-order valence-electron chi connectivity index (χ1n) is 7.28. The van der Waals surface area contributed by atoms with Crippen LogP contribution in [0.3, 0.4) is 0 Å². The van der Waals surface area contributed by atoms with Gasteiger partial charge in [-0.1, -0.05) is 23.2 Å². The second-order valence-electron chi connectivity index (χ2n) is 5.76. The van der Waals surface area contributed by atoms with Gasteiger partial charge in [-0.25, -0.2) is 0 Å². The maximum Gasteiger partial charge on any atom is 0.239 e. The third kappa shape index (κ3) is 2.81. The molecule has 7 heteroatoms. The van der Waals surface area contributed by atoms with Gasteiger partial charge in [-0.15, -0.1) is 0 Å². The quantitative estimate of drug-likeness (QED) is 0.835. The molecular formula is C15H17Cl2N3O2. The van der Waals surface area contributed by atoms with E-state index in [0.717, 1.165) is 6.42 Å². The summed E-state index contributed by atoms with van der Waals surface area (Å²) in [5, 5.41) is 0.836. The van der Waals surface area contributed by atoms with Crippen molar-refractivity contribution in [2.24, 2.45) is 11.7 Å². The van der Waals surface area contributed by atoms with Crippen LogP contribution in [0.25, 0.3) is 0 Å². The molecule has 0 aromatic heterocycles. The fourth-order valence-corrected chi connectivity index (χ4v) is 3.32. The Hall–Kier alpha value is -1.30. The fraction of sp³-hybridized carbons (Fsp3) is 0.467. The Kier molecular flexibility index (Phi) is 4.30. The van der Waals surface area contributed by atoms with Crippen LogP contribution in [0.4, 0.5) is 5.69 Å². The molecule has 2 heterocycles. The molecule has 1 aromatic rings. The first-order valence-corrected chi connectivity index (χ1v) is 8.04. The van der Waals surface area contributed by atoms with Gasteiger partial charge in [0.2, 0.25) is 11.8 Å². The van der Waals surface area contributed by atoms with Crippen LogP contribution in [0.1, 0.15) is 12.8 Å². The van der Waals surface area contributed by atoms with Crippen LogP contribution in [0.15, 0.2) is 18.2 Å². The average Bonchev–Trinajstić information content (AvgIpc) is 3.08. The molecule has 2 aliphatic heterocycles. The van der Waals surface area contributed by atoms with Crippen molar-refractivity contribution in [2.75, 3.05) is 24.5 Å². The van der Waals surface area contributed by atoms with E-state index in [0.29, 0.717) is 41.8 Å². The van der Waals surface area contributed by atoms with E-state index in [4.69, 9.17) is 28.9 Å². The molecule has 0 aliphatic carbocycles. The summed E-state index contributed by atoms with van der Waals surface area (Å²) in [5.41, 5.74) is 6.50. The molecule has 2 amide bonds. The summed E-state index contributed by atoms with van der Waals surface area (Å²) in [7, 11) is 0. The number of likely N-dealkylation sites (tertiary alicyclic amines) is 1. The maximum absolute atomic E-state index is 12.6. The Balaban J connectivity index is 1.74. The summed E-state index contributed by atoms with van der Waals surface area (Å²) in [4.78, 5) is 28.3. The molecule has 0 bridgehead atoms. The molecule has 0 unspecified atom stereocenters. The van der Waals surface area contributed by atoms with Crippen molar-refractivity contribution in [3.8, 4) is 0 Å². The van der Waals surface area contributed by atoms with Gasteiger partial charge in [0.25, 0.3) is 0 Å². The number of nitrogens with two attached hydrogens (primary N) is 1. The molecule has 2 N–H and O–H groups in total. The van der Waals surface area contributed by atoms with Crippen LogP contribution in [0, 0.1) is 5.92 Å². The zero-order chi connectivity index (χ0) is 15.9. The van der Waals surface area contributed by atoms with Gasteiger partial charge in [-0.2, -0.15) is 0 Å². The lowest BCUT2D eigenvalue weighted by atomic mass is 10.1. The molecule has 0 spiro atoms. The van der Waals surface area contributed by atoms with Gasteiger partial charge in [0, 0.05) is 31.4 Å². The summed E-state index contributed by atoms with van der Waals surface area (Å²) >= 11 is 11.9. The van der Waals surface area contributed by atoms with Gasteiger partial charge < -0.3 is 15.5 Å². The number of halogens is 2. The standard InChI is InChI=1S/C15H17Cl2N3O2/c16-12-2-1-10(7-13(12)17)20-6-4-11(15(20)22)14(21)19-5-3-9(18)8-19/h1-2,7,9,11H,3-6,8,18H2/t9-,11-/m1/s1. The van der Waals surface area contributed by atoms with Gasteiger partial charge in [0.15, 0.2) is 0 Å². The van der Waals surface area contributed by atoms with Gasteiger partial charge in [-0.05, 0) is 31.0 Å². The number of nitrogens with zero attached hydrogens (tertiary/aromatic N) is 2. The van der Waals surface area contributed by atoms with Gasteiger partial charge in [0.05, 0.1) is 10.0 Å². The maximum atomic E-state index is 12.6. The summed E-state index contributed by atoms with van der Waals surface area (Å²) in [6, 6.07) is 5.07. The van der Waals surface area contributed by atoms with Gasteiger partial charge >= 0.3 is 0 Å². The number of rotatable bonds is 2. The molecule has 1 aromatic carbocycles. The molecule has 22 heavy (non-hydrogen) atoms. The summed E-state index contributed by atoms with van der Waals surface area (Å²) in [5.74, 6) is -0.899. The Morgan fingerprint density at radius 1 is 1.18 bits per heavy atom. The zero-order valence-electron chi connectivity index (χ0n) is 12.0. The highest BCUT2D eigenvalue weighted by molar-refractivity contribution is 6.42. The van der Waals surface area contributed by atoms with E-state index in [9.17, 15) is 9.59 Å². The number of carbonyl (C=O) groups is 2. The first-order chi connectivity index (χ1) is 10.5. The SMILES string of the molecule is N[C@@H]1CCN(C(=O)[C@H]2CCN(c3ccc(Cl)c(Cl)c3)C2=O)C1. The fourth-order valence-electron chi connectivity index (χ4n) is 3.03. The Morgan fingerprint density at radius 3 is 2.59 bits per heavy atom. The molecular weight excluding hydrogens is 325 g/mol. The average molecular weight is 342 g/mol. The lowest BCUT2D eigenvalue weighted by Gasteiger charge is -2.20. The van der Waals surface area contributed by atoms with Crippen molar-refractivity contribution >= 4 is 40.7 Å². The first kappa shape index (κ1) is 15.6. The number of carbonyl (C=O) groups excluding carboxylic acids is 2. The number of hydrogen-bond acceptors (Lipinski definition) is 3. The predicted molar refractivity (Wildman–Crippen MR) is 86.1 cm³/mol. The lowest BCUT2D eigenvalue weighted by molar-refractivity contribution is -0.139. The van der Waals surface area contributed by atoms with Crippen molar-refractivity contribution in [2.45, 2.75) is 18.9 Å². The van der Waals surface area contributed by atoms with Gasteiger partial charge in [-0.3, -0.25) is 9.59 Å². The molecule has 2 saturated heterocycles. The van der Waals surface area contributed by atoms with E-state index in [1.54, 1.807) is 28.0 Å². The lowest BCUT2D eigenvalue weighted by Crippen LogP contribution is -2.40. The normalized spacial score (nSPS) is 25.1. The molecule has 2 aliphatic rings. The van der Waals surface area contributed by atoms with Crippen LogP contribution < -0.4 is 10.6 Å². The molecule has 2 fully saturated rings. The van der Waals surface area contributed by atoms with Crippen LogP contribution in [0.2, 0.25) is 10.0 Å². The minimum Gasteiger partial charge on any atom is -0.340 e. The highest BCUT2D eigenvalue weighted by atomic mass is 35.5. The van der Waals surface area contributed by atoms with Crippen LogP contribution in [-0.2, 0) is 9.59 Å². The molecule has 118 valence electrons. The summed E-state index contributed by atoms with van der Waals surface area (Å²) in [6.45, 7) is 1.68. The van der Waals surface area contributed by atoms with Crippen molar-refractivity contribution in [1.29, 1.82) is 0 Å². The van der Waals surface area contributed by atoms with Crippen molar-refractivity contribution in [3.63, 3.8) is 0 Å². The van der Waals surface area contributed by atoms with E-state index >= 15 is 0 Å². The largest absolute Gasteiger partial charge is 0.340 e. The van der Waals surface area contributed by atoms with E-state index in [-0.39, 0.29) is 17.9 Å². The van der Waals surface area contributed by atoms with Crippen LogP contribution in [-0.4, -0.2) is 42.4 Å². The van der Waals surface area contributed by atoms with Crippen molar-refractivity contribution < 1.29 is 9.59 Å². The Bertz CT molecular complexity index is 623. The number of amides is 2. The third-order valence-electron chi connectivity index (χ3n) is 4.25. The molecule has 0 radical (unpaired) electrons. The number of hydrogen-bond donors (Lipinski definition) is 1. The highest BCUT2D eigenvalue weighted by Gasteiger charge is 2.41. The Morgan fingerprint density at radius 2 is 1.95 bits per heavy atom. The minimum atomic E-state index is -0.611. The number of anilines is 1. The molecule has 5 nitrogen and oxygen atoms in total. The molecule has 2 atom stereocenters. The van der Waals surface area contributed by atoms with Gasteiger partial charge in [0.1, 0.15) is 5.92 Å². The van der Waals surface area contributed by atoms with Crippen molar-refractivity contribution in [3.05, 3.63) is 28.2 Å². The topological polar surface area (TPSA) is 66.6 Å². The van der Waals surface area contributed by atoms with E-state index in [1.807, 2.05) is 0 Å². The van der Waals surface area contributed by atoms with E-state index < -0.39 is 5.92 Å². The van der Waals surface area contributed by atoms with E-state index in [1.165, 1.54) is 0 Å². The van der Waals surface area contributed by atoms with Crippen LogP contribution in [0.5, 0.6) is 0 Å². The third-order valence-corrected chi connectivity index (χ3v) is 4.99. The predicted octanol–water partition coefficient (Wildman–Crippen LogP) is 1.91. The van der Waals surface area contributed by atoms with E-state index in [2.05, 4.69) is 0 Å². The second-order valence-corrected chi connectivity index (χ2v) is 6.58. The summed E-state index contributed by atoms with van der Waals surface area (Å²) in [6.07, 6.45) is 1.31. The highest BCUT2D eigenvalue weighted by Crippen LogP contribution is 2.32. The smallest absolute Gasteiger partial charge is 0.239 e. The summed E-state index contributed by atoms with van der Waals surface area (Å²) < 4.78 is 0. The minimum absolute atomic E-state index is 0.0200. The second kappa shape index (κ2) is 6.07. The monoisotopic (exact) mass is 341 g/mol. The number of benzene rings is 1.